The van der Waals surface area contributed by atoms with Crippen LogP contribution in [0.3, 0.4) is 0 Å². The van der Waals surface area contributed by atoms with E-state index >= 15 is 0 Å². The van der Waals surface area contributed by atoms with E-state index < -0.39 is 0 Å². The predicted molar refractivity (Wildman–Crippen MR) is 109 cm³/mol. The highest BCUT2D eigenvalue weighted by molar-refractivity contribution is 7.80. The molecule has 0 aliphatic heterocycles. The van der Waals surface area contributed by atoms with Crippen molar-refractivity contribution in [3.8, 4) is 5.75 Å². The molecular weight excluding hydrogens is 330 g/mol. The van der Waals surface area contributed by atoms with E-state index in [0.29, 0.717) is 11.7 Å². The van der Waals surface area contributed by atoms with Gasteiger partial charge in [0.1, 0.15) is 5.75 Å². The second-order valence-corrected chi connectivity index (χ2v) is 5.76. The average molecular weight is 349 g/mol. The molecule has 25 heavy (non-hydrogen) atoms. The van der Waals surface area contributed by atoms with Crippen LogP contribution in [0.25, 0.3) is 10.8 Å². The van der Waals surface area contributed by atoms with Crippen molar-refractivity contribution in [3.05, 3.63) is 72.3 Å². The van der Waals surface area contributed by atoms with Crippen molar-refractivity contribution < 1.29 is 4.74 Å². The summed E-state index contributed by atoms with van der Waals surface area (Å²) in [6.07, 6.45) is 1.77. The van der Waals surface area contributed by atoms with Gasteiger partial charge in [0, 0.05) is 11.3 Å². The molecule has 3 rings (SSSR count). The summed E-state index contributed by atoms with van der Waals surface area (Å²) in [6.45, 7) is 2.61. The van der Waals surface area contributed by atoms with Gasteiger partial charge in [-0.3, -0.25) is 5.43 Å². The van der Waals surface area contributed by atoms with Gasteiger partial charge in [0.15, 0.2) is 5.11 Å². The second-order valence-electron chi connectivity index (χ2n) is 5.35. The summed E-state index contributed by atoms with van der Waals surface area (Å²) in [5.74, 6) is 0.834. The summed E-state index contributed by atoms with van der Waals surface area (Å²) < 4.78 is 5.42. The minimum absolute atomic E-state index is 0.431. The molecule has 0 saturated heterocycles. The van der Waals surface area contributed by atoms with Crippen LogP contribution in [0, 0.1) is 0 Å². The van der Waals surface area contributed by atoms with Crippen LogP contribution in [0.2, 0.25) is 0 Å². The van der Waals surface area contributed by atoms with E-state index in [9.17, 15) is 0 Å². The smallest absolute Gasteiger partial charge is 0.191 e. The molecule has 3 aromatic rings. The zero-order valence-corrected chi connectivity index (χ0v) is 14.7. The Balaban J connectivity index is 1.60. The van der Waals surface area contributed by atoms with Gasteiger partial charge >= 0.3 is 0 Å². The quantitative estimate of drug-likeness (QED) is 0.403. The Bertz CT molecular complexity index is 886. The van der Waals surface area contributed by atoms with Gasteiger partial charge < -0.3 is 10.1 Å². The molecule has 0 aromatic heterocycles. The van der Waals surface area contributed by atoms with Crippen molar-refractivity contribution in [1.29, 1.82) is 0 Å². The summed E-state index contributed by atoms with van der Waals surface area (Å²) >= 11 is 5.26. The summed E-state index contributed by atoms with van der Waals surface area (Å²) in [5, 5.41) is 10.1. The molecule has 5 heteroatoms. The van der Waals surface area contributed by atoms with E-state index in [0.717, 1.165) is 22.4 Å². The minimum atomic E-state index is 0.431. The third kappa shape index (κ3) is 4.55. The molecule has 0 unspecified atom stereocenters. The molecule has 3 aromatic carbocycles. The van der Waals surface area contributed by atoms with E-state index in [1.807, 2.05) is 55.5 Å². The molecule has 0 radical (unpaired) electrons. The zero-order valence-electron chi connectivity index (χ0n) is 13.9. The number of nitrogens with one attached hydrogen (secondary N) is 2. The van der Waals surface area contributed by atoms with Crippen LogP contribution in [0.4, 0.5) is 5.69 Å². The number of anilines is 1. The Morgan fingerprint density at radius 2 is 1.80 bits per heavy atom. The van der Waals surface area contributed by atoms with Crippen LogP contribution in [0.5, 0.6) is 5.75 Å². The lowest BCUT2D eigenvalue weighted by Gasteiger charge is -2.08. The third-order valence-electron chi connectivity index (χ3n) is 3.62. The lowest BCUT2D eigenvalue weighted by Crippen LogP contribution is -2.23. The summed E-state index contributed by atoms with van der Waals surface area (Å²) in [5.41, 5.74) is 4.76. The fourth-order valence-corrected chi connectivity index (χ4v) is 2.65. The van der Waals surface area contributed by atoms with Crippen molar-refractivity contribution in [2.75, 3.05) is 11.9 Å². The van der Waals surface area contributed by atoms with Crippen molar-refractivity contribution >= 4 is 40.0 Å². The van der Waals surface area contributed by atoms with Crippen molar-refractivity contribution in [3.63, 3.8) is 0 Å². The Morgan fingerprint density at radius 3 is 2.60 bits per heavy atom. The number of benzene rings is 3. The number of rotatable bonds is 5. The van der Waals surface area contributed by atoms with Crippen LogP contribution in [0.15, 0.2) is 71.8 Å². The second kappa shape index (κ2) is 8.26. The van der Waals surface area contributed by atoms with Crippen LogP contribution >= 0.6 is 12.2 Å². The van der Waals surface area contributed by atoms with Gasteiger partial charge in [0.05, 0.1) is 12.8 Å². The molecule has 2 N–H and O–H groups in total. The van der Waals surface area contributed by atoms with E-state index in [4.69, 9.17) is 17.0 Å². The molecular formula is C20H19N3OS. The first-order valence-corrected chi connectivity index (χ1v) is 8.48. The van der Waals surface area contributed by atoms with Crippen molar-refractivity contribution in [1.82, 2.24) is 5.43 Å². The number of nitrogens with zero attached hydrogens (tertiary/aromatic N) is 1. The average Bonchev–Trinajstić information content (AvgIpc) is 2.64. The Hall–Kier alpha value is -2.92. The molecule has 0 fully saturated rings. The van der Waals surface area contributed by atoms with E-state index in [2.05, 4.69) is 34.0 Å². The maximum Gasteiger partial charge on any atom is 0.191 e. The van der Waals surface area contributed by atoms with E-state index in [1.54, 1.807) is 6.21 Å². The van der Waals surface area contributed by atoms with Gasteiger partial charge in [-0.2, -0.15) is 5.10 Å². The van der Waals surface area contributed by atoms with Crippen molar-refractivity contribution in [2.24, 2.45) is 5.10 Å². The van der Waals surface area contributed by atoms with Crippen LogP contribution in [-0.2, 0) is 0 Å². The van der Waals surface area contributed by atoms with Gasteiger partial charge in [-0.05, 0) is 54.2 Å². The van der Waals surface area contributed by atoms with Gasteiger partial charge in [-0.1, -0.05) is 42.5 Å². The lowest BCUT2D eigenvalue weighted by atomic mass is 10.1. The maximum absolute atomic E-state index is 5.42. The molecule has 0 bridgehead atoms. The van der Waals surface area contributed by atoms with Gasteiger partial charge in [-0.25, -0.2) is 0 Å². The third-order valence-corrected chi connectivity index (χ3v) is 3.81. The topological polar surface area (TPSA) is 45.6 Å². The standard InChI is InChI=1S/C20H19N3OS/c1-2-24-18-12-10-17(11-13-18)22-20(25)23-21-14-16-8-5-7-15-6-3-4-9-19(15)16/h3-14H,2H2,1H3,(H2,22,23,25)/b21-14-. The van der Waals surface area contributed by atoms with Crippen LogP contribution < -0.4 is 15.5 Å². The summed E-state index contributed by atoms with van der Waals surface area (Å²) in [7, 11) is 0. The van der Waals surface area contributed by atoms with E-state index in [1.165, 1.54) is 5.39 Å². The van der Waals surface area contributed by atoms with Crippen molar-refractivity contribution in [2.45, 2.75) is 6.92 Å². The minimum Gasteiger partial charge on any atom is -0.494 e. The molecule has 0 spiro atoms. The summed E-state index contributed by atoms with van der Waals surface area (Å²) in [6, 6.07) is 21.9. The van der Waals surface area contributed by atoms with Crippen LogP contribution in [-0.4, -0.2) is 17.9 Å². The monoisotopic (exact) mass is 349 g/mol. The molecule has 0 heterocycles. The SMILES string of the molecule is CCOc1ccc(NC(=S)N/N=C\c2cccc3ccccc23)cc1. The number of hydrogen-bond donors (Lipinski definition) is 2. The molecule has 0 atom stereocenters. The van der Waals surface area contributed by atoms with Crippen LogP contribution in [0.1, 0.15) is 12.5 Å². The molecule has 0 aliphatic rings. The summed E-state index contributed by atoms with van der Waals surface area (Å²) in [4.78, 5) is 0. The first-order valence-electron chi connectivity index (χ1n) is 8.07. The largest absolute Gasteiger partial charge is 0.494 e. The first kappa shape index (κ1) is 16.9. The molecule has 4 nitrogen and oxygen atoms in total. The highest BCUT2D eigenvalue weighted by Crippen LogP contribution is 2.17. The fourth-order valence-electron chi connectivity index (χ4n) is 2.48. The highest BCUT2D eigenvalue weighted by Gasteiger charge is 1.99. The Morgan fingerprint density at radius 1 is 1.04 bits per heavy atom. The maximum atomic E-state index is 5.42. The number of fused-ring (bicyclic) bond motifs is 1. The highest BCUT2D eigenvalue weighted by atomic mass is 32.1. The van der Waals surface area contributed by atoms with Gasteiger partial charge in [-0.15, -0.1) is 0 Å². The zero-order chi connectivity index (χ0) is 17.5. The van der Waals surface area contributed by atoms with Gasteiger partial charge in [0.25, 0.3) is 0 Å². The normalized spacial score (nSPS) is 10.8. The van der Waals surface area contributed by atoms with Gasteiger partial charge in [0.2, 0.25) is 0 Å². The molecule has 0 amide bonds. The number of thiocarbonyl (C=S) groups is 1. The first-order chi connectivity index (χ1) is 12.3. The van der Waals surface area contributed by atoms with E-state index in [-0.39, 0.29) is 0 Å². The molecule has 126 valence electrons. The Kier molecular flexibility index (Phi) is 5.59. The number of ether oxygens (including phenoxy) is 1. The predicted octanol–water partition coefficient (Wildman–Crippen LogP) is 4.56. The lowest BCUT2D eigenvalue weighted by molar-refractivity contribution is 0.340. The fraction of sp³-hybridized carbons (Fsp3) is 0.100. The number of hydrazone groups is 1. The molecule has 0 aliphatic carbocycles. The molecule has 0 saturated carbocycles. The number of hydrogen-bond acceptors (Lipinski definition) is 3. The Labute approximate surface area is 152 Å².